The molecule has 1 aromatic heterocycles. The number of hydrogen-bond donors (Lipinski definition) is 0. The number of benzene rings is 1. The van der Waals surface area contributed by atoms with Crippen LogP contribution in [0.3, 0.4) is 0 Å². The summed E-state index contributed by atoms with van der Waals surface area (Å²) in [5.74, 6) is -0.363. The van der Waals surface area contributed by atoms with Gasteiger partial charge in [0.1, 0.15) is 23.6 Å². The molecule has 0 aliphatic heterocycles. The third kappa shape index (κ3) is 8.15. The number of nitrogens with zero attached hydrogens (tertiary/aromatic N) is 2. The zero-order chi connectivity index (χ0) is 25.8. The number of imidazole rings is 1. The first kappa shape index (κ1) is 29.0. The van der Waals surface area contributed by atoms with Crippen LogP contribution in [0.15, 0.2) is 30.6 Å². The van der Waals surface area contributed by atoms with Gasteiger partial charge in [-0.1, -0.05) is 59.8 Å². The van der Waals surface area contributed by atoms with Gasteiger partial charge in [0.25, 0.3) is 0 Å². The van der Waals surface area contributed by atoms with Crippen LogP contribution in [0.5, 0.6) is 0 Å². The van der Waals surface area contributed by atoms with Gasteiger partial charge < -0.3 is 9.30 Å². The van der Waals surface area contributed by atoms with Gasteiger partial charge in [0, 0.05) is 43.8 Å². The Labute approximate surface area is 210 Å². The maximum atomic E-state index is 14.7. The van der Waals surface area contributed by atoms with Gasteiger partial charge in [0.05, 0.1) is 0 Å². The van der Waals surface area contributed by atoms with E-state index in [0.717, 1.165) is 63.3 Å². The Morgan fingerprint density at radius 1 is 1.00 bits per heavy atom. The fraction of sp³-hybridized carbons (Fsp3) is 0.655. The first-order valence-corrected chi connectivity index (χ1v) is 13.4. The lowest BCUT2D eigenvalue weighted by atomic mass is 9.63. The summed E-state index contributed by atoms with van der Waals surface area (Å²) in [5, 5.41) is 0. The summed E-state index contributed by atoms with van der Waals surface area (Å²) < 4.78 is 37.3. The molecule has 0 saturated carbocycles. The third-order valence-electron chi connectivity index (χ3n) is 7.12. The number of aryl methyl sites for hydroxylation is 1. The molecule has 0 bridgehead atoms. The highest BCUT2D eigenvalue weighted by Gasteiger charge is 2.43. The molecule has 0 N–H and O–H groups in total. The predicted octanol–water partition coefficient (Wildman–Crippen LogP) is 7.78. The molecule has 1 heterocycles. The number of esters is 1. The van der Waals surface area contributed by atoms with E-state index in [4.69, 9.17) is 4.74 Å². The zero-order valence-electron chi connectivity index (χ0n) is 22.3. The fourth-order valence-corrected chi connectivity index (χ4v) is 5.60. The van der Waals surface area contributed by atoms with Gasteiger partial charge in [0.2, 0.25) is 0 Å². The number of rotatable bonds is 16. The second-order valence-electron chi connectivity index (χ2n) is 9.84. The Kier molecular flexibility index (Phi) is 11.9. The molecular formula is C29H44F2N2O2. The second kappa shape index (κ2) is 14.4. The molecule has 3 atom stereocenters. The minimum atomic E-state index is -0.618. The first-order valence-electron chi connectivity index (χ1n) is 13.4. The predicted molar refractivity (Wildman–Crippen MR) is 137 cm³/mol. The number of carbonyl (C=O) groups excluding carboxylic acids is 1. The van der Waals surface area contributed by atoms with Crippen LogP contribution in [0, 0.1) is 17.6 Å². The molecule has 0 aliphatic rings. The summed E-state index contributed by atoms with van der Waals surface area (Å²) in [6, 6.07) is 3.92. The fourth-order valence-electron chi connectivity index (χ4n) is 5.60. The van der Waals surface area contributed by atoms with E-state index in [1.165, 1.54) is 19.1 Å². The lowest BCUT2D eigenvalue weighted by Crippen LogP contribution is -2.44. The van der Waals surface area contributed by atoms with Crippen LogP contribution < -0.4 is 0 Å². The van der Waals surface area contributed by atoms with Crippen molar-refractivity contribution in [2.24, 2.45) is 5.92 Å². The summed E-state index contributed by atoms with van der Waals surface area (Å²) in [7, 11) is 0. The zero-order valence-corrected chi connectivity index (χ0v) is 22.3. The van der Waals surface area contributed by atoms with Crippen molar-refractivity contribution in [3.63, 3.8) is 0 Å². The van der Waals surface area contributed by atoms with Crippen molar-refractivity contribution in [3.05, 3.63) is 53.6 Å². The van der Waals surface area contributed by atoms with E-state index in [2.05, 4.69) is 37.2 Å². The first-order chi connectivity index (χ1) is 16.8. The molecule has 35 heavy (non-hydrogen) atoms. The van der Waals surface area contributed by atoms with Gasteiger partial charge in [-0.3, -0.25) is 4.79 Å². The Morgan fingerprint density at radius 3 is 2.26 bits per heavy atom. The number of halogens is 2. The van der Waals surface area contributed by atoms with Crippen LogP contribution in [-0.4, -0.2) is 21.6 Å². The minimum absolute atomic E-state index is 0.169. The highest BCUT2D eigenvalue weighted by Crippen LogP contribution is 2.45. The molecule has 0 spiro atoms. The average molecular weight is 491 g/mol. The van der Waals surface area contributed by atoms with Gasteiger partial charge in [-0.2, -0.15) is 0 Å². The largest absolute Gasteiger partial charge is 0.463 e. The van der Waals surface area contributed by atoms with Crippen LogP contribution >= 0.6 is 0 Å². The van der Waals surface area contributed by atoms with Gasteiger partial charge in [-0.05, 0) is 49.3 Å². The smallest absolute Gasteiger partial charge is 0.302 e. The summed E-state index contributed by atoms with van der Waals surface area (Å²) in [5.41, 5.74) is 0.0287. The summed E-state index contributed by atoms with van der Waals surface area (Å²) in [6.07, 6.45) is 12.4. The van der Waals surface area contributed by atoms with Crippen molar-refractivity contribution in [3.8, 4) is 0 Å². The van der Waals surface area contributed by atoms with E-state index in [9.17, 15) is 13.6 Å². The van der Waals surface area contributed by atoms with Crippen molar-refractivity contribution in [1.82, 2.24) is 9.55 Å². The van der Waals surface area contributed by atoms with Crippen molar-refractivity contribution in [1.29, 1.82) is 0 Å². The van der Waals surface area contributed by atoms with E-state index in [0.29, 0.717) is 24.9 Å². The summed E-state index contributed by atoms with van der Waals surface area (Å²) in [6.45, 7) is 10.4. The molecule has 6 heteroatoms. The quantitative estimate of drug-likeness (QED) is 0.178. The highest BCUT2D eigenvalue weighted by atomic mass is 19.1. The van der Waals surface area contributed by atoms with Crippen LogP contribution in [-0.2, 0) is 27.9 Å². The Bertz CT molecular complexity index is 894. The highest BCUT2D eigenvalue weighted by molar-refractivity contribution is 5.66. The normalized spacial score (nSPS) is 14.9. The lowest BCUT2D eigenvalue weighted by Gasteiger charge is -2.44. The van der Waals surface area contributed by atoms with Gasteiger partial charge in [0.15, 0.2) is 0 Å². The van der Waals surface area contributed by atoms with Crippen molar-refractivity contribution in [2.45, 2.75) is 117 Å². The van der Waals surface area contributed by atoms with Crippen LogP contribution in [0.25, 0.3) is 0 Å². The van der Waals surface area contributed by atoms with E-state index in [1.54, 1.807) is 6.20 Å². The average Bonchev–Trinajstić information content (AvgIpc) is 3.24. The monoisotopic (exact) mass is 490 g/mol. The van der Waals surface area contributed by atoms with Gasteiger partial charge >= 0.3 is 5.97 Å². The van der Waals surface area contributed by atoms with E-state index >= 15 is 0 Å². The lowest BCUT2D eigenvalue weighted by molar-refractivity contribution is -0.148. The number of unbranched alkanes of at least 4 members (excludes halogenated alkanes) is 2. The molecule has 2 rings (SSSR count). The molecule has 0 aliphatic carbocycles. The molecule has 2 aromatic rings. The molecule has 3 unspecified atom stereocenters. The van der Waals surface area contributed by atoms with E-state index < -0.39 is 17.0 Å². The molecule has 1 aromatic carbocycles. The van der Waals surface area contributed by atoms with Gasteiger partial charge in [-0.15, -0.1) is 0 Å². The Balaban J connectivity index is 2.75. The topological polar surface area (TPSA) is 44.1 Å². The van der Waals surface area contributed by atoms with Crippen LogP contribution in [0.1, 0.15) is 104 Å². The minimum Gasteiger partial charge on any atom is -0.463 e. The number of aromatic nitrogens is 2. The molecule has 4 nitrogen and oxygen atoms in total. The summed E-state index contributed by atoms with van der Waals surface area (Å²) >= 11 is 0. The van der Waals surface area contributed by atoms with Crippen molar-refractivity contribution < 1.29 is 18.3 Å². The summed E-state index contributed by atoms with van der Waals surface area (Å²) in [4.78, 5) is 16.5. The molecule has 0 fully saturated rings. The van der Waals surface area contributed by atoms with E-state index in [1.807, 2.05) is 6.20 Å². The Hall–Kier alpha value is -2.24. The SMILES string of the molecule is CCCCCC(CCC)C(CC(CCC)OC(C)=O)(Cn1ccnc1CC)c1cc(F)cc(F)c1. The molecular weight excluding hydrogens is 446 g/mol. The maximum absolute atomic E-state index is 14.7. The molecule has 0 radical (unpaired) electrons. The Morgan fingerprint density at radius 2 is 1.69 bits per heavy atom. The molecule has 196 valence electrons. The van der Waals surface area contributed by atoms with Crippen molar-refractivity contribution >= 4 is 5.97 Å². The number of hydrogen-bond acceptors (Lipinski definition) is 3. The molecule has 0 saturated heterocycles. The number of carbonyl (C=O) groups is 1. The van der Waals surface area contributed by atoms with Gasteiger partial charge in [-0.25, -0.2) is 13.8 Å². The third-order valence-corrected chi connectivity index (χ3v) is 7.12. The molecule has 0 amide bonds. The van der Waals surface area contributed by atoms with Crippen molar-refractivity contribution in [2.75, 3.05) is 0 Å². The van der Waals surface area contributed by atoms with E-state index in [-0.39, 0.29) is 18.0 Å². The van der Waals surface area contributed by atoms with Crippen LogP contribution in [0.2, 0.25) is 0 Å². The second-order valence-corrected chi connectivity index (χ2v) is 9.84. The van der Waals surface area contributed by atoms with Crippen LogP contribution in [0.4, 0.5) is 8.78 Å². The maximum Gasteiger partial charge on any atom is 0.302 e. The number of ether oxygens (including phenoxy) is 1. The standard InChI is InChI=1S/C29H44F2N2O2/c1-6-10-11-14-23(12-7-2)29(20-27(13-8-3)35-22(5)34,21-33-16-15-32-28(33)9-4)24-17-25(30)19-26(31)18-24/h15-19,23,27H,6-14,20-21H2,1-5H3.